The van der Waals surface area contributed by atoms with E-state index in [0.29, 0.717) is 0 Å². The molecule has 0 N–H and O–H groups in total. The molecule has 8 aromatic rings. The lowest BCUT2D eigenvalue weighted by molar-refractivity contribution is 0.669. The summed E-state index contributed by atoms with van der Waals surface area (Å²) in [6.45, 7) is 0. The standard InChI is InChI=1S/C35H22N2OS/c1-2-9-21(10-3-1)24-14-8-15-27-32(24)26-19-22-11-4-5-12-23(22)20-28(26)37(27)35-36-34-31(39-35)18-17-30-33(34)25-13-6-7-16-29(25)38-30/h2,4-20H,1,3H2. The molecule has 0 atom stereocenters. The molecule has 0 spiro atoms. The van der Waals surface area contributed by atoms with E-state index in [9.17, 15) is 0 Å². The largest absolute Gasteiger partial charge is 0.456 e. The van der Waals surface area contributed by atoms with Gasteiger partial charge in [0.15, 0.2) is 5.13 Å². The first-order valence-electron chi connectivity index (χ1n) is 13.4. The van der Waals surface area contributed by atoms with E-state index in [2.05, 4.69) is 102 Å². The Morgan fingerprint density at radius 3 is 2.49 bits per heavy atom. The number of thiazole rings is 1. The quantitative estimate of drug-likeness (QED) is 0.228. The fourth-order valence-electron chi connectivity index (χ4n) is 6.30. The van der Waals surface area contributed by atoms with E-state index < -0.39 is 0 Å². The second kappa shape index (κ2) is 7.92. The van der Waals surface area contributed by atoms with Crippen molar-refractivity contribution in [2.24, 2.45) is 0 Å². The second-order valence-electron chi connectivity index (χ2n) is 10.3. The van der Waals surface area contributed by atoms with E-state index in [0.717, 1.165) is 50.1 Å². The van der Waals surface area contributed by atoms with Crippen molar-refractivity contribution in [2.45, 2.75) is 12.8 Å². The van der Waals surface area contributed by atoms with Crippen LogP contribution in [0.15, 0.2) is 114 Å². The Labute approximate surface area is 227 Å². The second-order valence-corrected chi connectivity index (χ2v) is 11.3. The highest BCUT2D eigenvalue weighted by atomic mass is 32.1. The van der Waals surface area contributed by atoms with Crippen LogP contribution in [0.5, 0.6) is 0 Å². The number of para-hydroxylation sites is 1. The van der Waals surface area contributed by atoms with Crippen molar-refractivity contribution in [2.75, 3.05) is 0 Å². The molecule has 0 amide bonds. The Morgan fingerprint density at radius 2 is 1.59 bits per heavy atom. The predicted octanol–water partition coefficient (Wildman–Crippen LogP) is 10.2. The minimum Gasteiger partial charge on any atom is -0.456 e. The summed E-state index contributed by atoms with van der Waals surface area (Å²) in [6, 6.07) is 32.5. The van der Waals surface area contributed by atoms with Crippen LogP contribution in [0, 0.1) is 0 Å². The van der Waals surface area contributed by atoms with Gasteiger partial charge in [-0.25, -0.2) is 4.98 Å². The van der Waals surface area contributed by atoms with Gasteiger partial charge in [-0.2, -0.15) is 0 Å². The molecule has 0 fully saturated rings. The van der Waals surface area contributed by atoms with Gasteiger partial charge in [-0.15, -0.1) is 0 Å². The van der Waals surface area contributed by atoms with Crippen LogP contribution in [0.2, 0.25) is 0 Å². The molecule has 0 aliphatic heterocycles. The molecule has 4 heteroatoms. The molecule has 0 bridgehead atoms. The van der Waals surface area contributed by atoms with E-state index in [1.807, 2.05) is 12.1 Å². The van der Waals surface area contributed by atoms with Gasteiger partial charge in [0.05, 0.1) is 26.6 Å². The van der Waals surface area contributed by atoms with Crippen LogP contribution in [0.1, 0.15) is 18.4 Å². The minimum atomic E-state index is 0.882. The van der Waals surface area contributed by atoms with Crippen molar-refractivity contribution in [3.05, 3.63) is 115 Å². The predicted molar refractivity (Wildman–Crippen MR) is 165 cm³/mol. The van der Waals surface area contributed by atoms with Gasteiger partial charge in [0.25, 0.3) is 0 Å². The lowest BCUT2D eigenvalue weighted by atomic mass is 9.95. The molecular formula is C35H22N2OS. The van der Waals surface area contributed by atoms with E-state index in [-0.39, 0.29) is 0 Å². The summed E-state index contributed by atoms with van der Waals surface area (Å²) in [4.78, 5) is 5.32. The van der Waals surface area contributed by atoms with Gasteiger partial charge >= 0.3 is 0 Å². The summed E-state index contributed by atoms with van der Waals surface area (Å²) in [5.41, 5.74) is 7.74. The molecule has 0 radical (unpaired) electrons. The van der Waals surface area contributed by atoms with Gasteiger partial charge < -0.3 is 4.42 Å². The monoisotopic (exact) mass is 518 g/mol. The Kier molecular flexibility index (Phi) is 4.32. The van der Waals surface area contributed by atoms with Gasteiger partial charge in [0.2, 0.25) is 0 Å². The molecular weight excluding hydrogens is 496 g/mol. The highest BCUT2D eigenvalue weighted by molar-refractivity contribution is 7.21. The van der Waals surface area contributed by atoms with Gasteiger partial charge in [0, 0.05) is 16.2 Å². The van der Waals surface area contributed by atoms with Crippen molar-refractivity contribution >= 4 is 81.6 Å². The Morgan fingerprint density at radius 1 is 0.718 bits per heavy atom. The molecule has 3 nitrogen and oxygen atoms in total. The average molecular weight is 519 g/mol. The third-order valence-corrected chi connectivity index (χ3v) is 9.05. The molecule has 1 aliphatic rings. The number of fused-ring (bicyclic) bond motifs is 9. The lowest BCUT2D eigenvalue weighted by Gasteiger charge is -2.09. The Bertz CT molecular complexity index is 2340. The molecule has 3 aromatic heterocycles. The number of allylic oxidation sites excluding steroid dienone is 4. The highest BCUT2D eigenvalue weighted by Crippen LogP contribution is 2.42. The van der Waals surface area contributed by atoms with Crippen LogP contribution in [-0.2, 0) is 0 Å². The average Bonchev–Trinajstić information content (AvgIpc) is 3.67. The van der Waals surface area contributed by atoms with Gasteiger partial charge in [-0.3, -0.25) is 4.57 Å². The zero-order chi connectivity index (χ0) is 25.5. The molecule has 1 aliphatic carbocycles. The van der Waals surface area contributed by atoms with Crippen LogP contribution in [0.4, 0.5) is 0 Å². The maximum absolute atomic E-state index is 6.18. The lowest BCUT2D eigenvalue weighted by Crippen LogP contribution is -1.93. The van der Waals surface area contributed by atoms with Crippen LogP contribution >= 0.6 is 11.3 Å². The maximum atomic E-state index is 6.18. The maximum Gasteiger partial charge on any atom is 0.195 e. The van der Waals surface area contributed by atoms with E-state index in [4.69, 9.17) is 9.40 Å². The van der Waals surface area contributed by atoms with E-state index in [1.54, 1.807) is 11.3 Å². The van der Waals surface area contributed by atoms with Crippen LogP contribution in [-0.4, -0.2) is 9.55 Å². The summed E-state index contributed by atoms with van der Waals surface area (Å²) in [5, 5.41) is 8.21. The van der Waals surface area contributed by atoms with Crippen molar-refractivity contribution < 1.29 is 4.42 Å². The number of hydrogen-bond acceptors (Lipinski definition) is 3. The molecule has 3 heterocycles. The van der Waals surface area contributed by atoms with Gasteiger partial charge in [0.1, 0.15) is 11.2 Å². The summed E-state index contributed by atoms with van der Waals surface area (Å²) in [7, 11) is 0. The number of rotatable bonds is 2. The highest BCUT2D eigenvalue weighted by Gasteiger charge is 2.21. The zero-order valence-electron chi connectivity index (χ0n) is 21.0. The van der Waals surface area contributed by atoms with Crippen LogP contribution in [0.25, 0.3) is 75.4 Å². The third-order valence-electron chi connectivity index (χ3n) is 8.04. The number of hydrogen-bond donors (Lipinski definition) is 0. The first-order valence-corrected chi connectivity index (χ1v) is 14.2. The fourth-order valence-corrected chi connectivity index (χ4v) is 7.30. The molecule has 0 saturated carbocycles. The fraction of sp³-hybridized carbons (Fsp3) is 0.0571. The number of aromatic nitrogens is 2. The van der Waals surface area contributed by atoms with Crippen molar-refractivity contribution in [1.82, 2.24) is 9.55 Å². The van der Waals surface area contributed by atoms with Gasteiger partial charge in [-0.05, 0) is 71.1 Å². The van der Waals surface area contributed by atoms with Crippen molar-refractivity contribution in [1.29, 1.82) is 0 Å². The van der Waals surface area contributed by atoms with E-state index in [1.165, 1.54) is 43.7 Å². The number of furan rings is 1. The zero-order valence-corrected chi connectivity index (χ0v) is 21.8. The van der Waals surface area contributed by atoms with Crippen LogP contribution in [0.3, 0.4) is 0 Å². The Balaban J connectivity index is 1.42. The normalized spacial score (nSPS) is 14.0. The molecule has 184 valence electrons. The smallest absolute Gasteiger partial charge is 0.195 e. The summed E-state index contributed by atoms with van der Waals surface area (Å²) < 4.78 is 9.71. The number of nitrogens with zero attached hydrogens (tertiary/aromatic N) is 2. The van der Waals surface area contributed by atoms with Crippen molar-refractivity contribution in [3.63, 3.8) is 0 Å². The molecule has 5 aromatic carbocycles. The topological polar surface area (TPSA) is 31.0 Å². The first kappa shape index (κ1) is 21.3. The first-order chi connectivity index (χ1) is 19.3. The minimum absolute atomic E-state index is 0.882. The molecule has 0 saturated heterocycles. The van der Waals surface area contributed by atoms with Crippen LogP contribution < -0.4 is 0 Å². The molecule has 9 rings (SSSR count). The Hall–Kier alpha value is -4.67. The summed E-state index contributed by atoms with van der Waals surface area (Å²) in [6.07, 6.45) is 9.13. The molecule has 0 unspecified atom stereocenters. The van der Waals surface area contributed by atoms with Gasteiger partial charge in [-0.1, -0.05) is 84.2 Å². The van der Waals surface area contributed by atoms with Crippen molar-refractivity contribution in [3.8, 4) is 5.13 Å². The summed E-state index contributed by atoms with van der Waals surface area (Å²) >= 11 is 1.74. The molecule has 39 heavy (non-hydrogen) atoms. The number of benzene rings is 5. The summed E-state index contributed by atoms with van der Waals surface area (Å²) in [5.74, 6) is 0. The SMILES string of the molecule is C1=CC(c2cccc3c2c2cc4ccccc4cc2n3-c2nc3c(ccc4oc5ccccc5c43)s2)=CCC1. The van der Waals surface area contributed by atoms with E-state index >= 15 is 0 Å². The third kappa shape index (κ3) is 3.01.